The molecule has 1 aliphatic carbocycles. The fourth-order valence-corrected chi connectivity index (χ4v) is 8.01. The van der Waals surface area contributed by atoms with E-state index in [9.17, 15) is 0 Å². The summed E-state index contributed by atoms with van der Waals surface area (Å²) in [6.07, 6.45) is 21.6. The van der Waals surface area contributed by atoms with Crippen molar-refractivity contribution in [3.8, 4) is 11.1 Å². The molecule has 1 aliphatic heterocycles. The Hall–Kier alpha value is -6.29. The molecular weight excluding hydrogens is 673 g/mol. The van der Waals surface area contributed by atoms with Gasteiger partial charge in [0.1, 0.15) is 0 Å². The molecule has 0 aromatic heterocycles. The van der Waals surface area contributed by atoms with E-state index < -0.39 is 0 Å². The van der Waals surface area contributed by atoms with Crippen molar-refractivity contribution in [2.45, 2.75) is 18.2 Å². The number of thioether (sulfide) groups is 1. The molecule has 0 atom stereocenters. The van der Waals surface area contributed by atoms with Crippen LogP contribution in [0.2, 0.25) is 0 Å². The maximum Gasteiger partial charge on any atom is 0.0534 e. The van der Waals surface area contributed by atoms with Crippen LogP contribution in [0.1, 0.15) is 24.5 Å². The molecule has 6 aromatic carbocycles. The van der Waals surface area contributed by atoms with Crippen LogP contribution in [-0.4, -0.2) is 6.26 Å². The second kappa shape index (κ2) is 15.4. The minimum absolute atomic E-state index is 0.771. The van der Waals surface area contributed by atoms with Gasteiger partial charge in [-0.05, 0) is 134 Å². The third-order valence-corrected chi connectivity index (χ3v) is 10.9. The van der Waals surface area contributed by atoms with E-state index in [0.29, 0.717) is 0 Å². The summed E-state index contributed by atoms with van der Waals surface area (Å²) in [5, 5.41) is 8.99. The number of nitrogens with one attached hydrogen (secondary N) is 1. The number of hydrogen-bond acceptors (Lipinski definition) is 3. The molecule has 0 unspecified atom stereocenters. The van der Waals surface area contributed by atoms with Gasteiger partial charge in [0.05, 0.1) is 5.69 Å². The lowest BCUT2D eigenvalue weighted by molar-refractivity contribution is 1.22. The topological polar surface area (TPSA) is 15.3 Å². The summed E-state index contributed by atoms with van der Waals surface area (Å²) in [5.74, 6) is 0. The van der Waals surface area contributed by atoms with Crippen molar-refractivity contribution in [3.63, 3.8) is 0 Å². The highest BCUT2D eigenvalue weighted by Crippen LogP contribution is 2.42. The quantitative estimate of drug-likeness (QED) is 0.0912. The van der Waals surface area contributed by atoms with Crippen LogP contribution in [-0.2, 0) is 0 Å². The van der Waals surface area contributed by atoms with E-state index in [1.54, 1.807) is 11.8 Å². The van der Waals surface area contributed by atoms with Crippen LogP contribution in [0, 0.1) is 0 Å². The van der Waals surface area contributed by atoms with Gasteiger partial charge in [-0.2, -0.15) is 0 Å². The normalized spacial score (nSPS) is 15.7. The molecule has 0 bridgehead atoms. The number of anilines is 3. The molecule has 54 heavy (non-hydrogen) atoms. The molecule has 0 spiro atoms. The molecule has 0 saturated carbocycles. The second-order valence-corrected chi connectivity index (χ2v) is 14.5. The van der Waals surface area contributed by atoms with Gasteiger partial charge in [-0.15, -0.1) is 11.8 Å². The van der Waals surface area contributed by atoms with Crippen LogP contribution >= 0.6 is 11.8 Å². The van der Waals surface area contributed by atoms with Gasteiger partial charge in [0.2, 0.25) is 0 Å². The molecule has 1 N–H and O–H groups in total. The van der Waals surface area contributed by atoms with Crippen molar-refractivity contribution < 1.29 is 0 Å². The first-order valence-electron chi connectivity index (χ1n) is 18.3. The standard InChI is InChI=1S/C51H42N2S/c1-5-6-8-17-35(2)47-32-39(37-25-26-51-48(30-37)36(3)18-15-16-27-53(51)42-20-9-7-10-21-42)33-50(47)52-41-28-40(29-43(34-41)54-4)49-31-38-19-11-12-22-44(38)45-23-13-14-24-46(45)49/h5-32,34,52H,1,3,33H2,2,4H3/b8-6-,18-15-,27-16-,35-17+. The number of hydrogen-bond donors (Lipinski definition) is 1. The molecule has 2 nitrogen and oxygen atoms in total. The molecule has 8 rings (SSSR count). The SMILES string of the molecule is C=C/C=C\C=C(/C)C1=C(Nc2cc(SC)cc(-c3cc4ccccc4c4ccccc34)c2)CC(c2ccc3c(c2)C(=C)/C=C\C=C/N3c2ccccc2)=C1. The molecule has 6 aromatic rings. The van der Waals surface area contributed by atoms with Crippen molar-refractivity contribution in [2.75, 3.05) is 16.5 Å². The van der Waals surface area contributed by atoms with Crippen molar-refractivity contribution in [1.82, 2.24) is 0 Å². The summed E-state index contributed by atoms with van der Waals surface area (Å²) >= 11 is 1.77. The first-order chi connectivity index (χ1) is 26.5. The molecule has 0 fully saturated rings. The Morgan fingerprint density at radius 1 is 0.759 bits per heavy atom. The van der Waals surface area contributed by atoms with Crippen molar-refractivity contribution in [2.24, 2.45) is 0 Å². The summed E-state index contributed by atoms with van der Waals surface area (Å²) in [6.45, 7) is 10.5. The van der Waals surface area contributed by atoms with Gasteiger partial charge >= 0.3 is 0 Å². The van der Waals surface area contributed by atoms with Gasteiger partial charge in [-0.1, -0.05) is 122 Å². The Kier molecular flexibility index (Phi) is 9.89. The Labute approximate surface area is 323 Å². The molecule has 0 saturated heterocycles. The summed E-state index contributed by atoms with van der Waals surface area (Å²) in [6, 6.07) is 44.0. The highest BCUT2D eigenvalue weighted by atomic mass is 32.2. The third-order valence-electron chi connectivity index (χ3n) is 10.2. The van der Waals surface area contributed by atoms with Gasteiger partial charge in [-0.3, -0.25) is 0 Å². The van der Waals surface area contributed by atoms with Gasteiger partial charge in [-0.25, -0.2) is 0 Å². The average Bonchev–Trinajstić information content (AvgIpc) is 3.63. The van der Waals surface area contributed by atoms with E-state index in [4.69, 9.17) is 0 Å². The first kappa shape index (κ1) is 34.8. The molecule has 0 radical (unpaired) electrons. The number of para-hydroxylation sites is 1. The van der Waals surface area contributed by atoms with E-state index in [2.05, 4.69) is 201 Å². The van der Waals surface area contributed by atoms with Crippen LogP contribution in [0.15, 0.2) is 211 Å². The van der Waals surface area contributed by atoms with Gasteiger partial charge in [0.25, 0.3) is 0 Å². The van der Waals surface area contributed by atoms with E-state index in [-0.39, 0.29) is 0 Å². The van der Waals surface area contributed by atoms with Crippen molar-refractivity contribution in [1.29, 1.82) is 0 Å². The second-order valence-electron chi connectivity index (χ2n) is 13.6. The fraction of sp³-hybridized carbons (Fsp3) is 0.0588. The number of rotatable bonds is 9. The number of allylic oxidation sites excluding steroid dienone is 12. The highest BCUT2D eigenvalue weighted by molar-refractivity contribution is 7.98. The Morgan fingerprint density at radius 3 is 2.35 bits per heavy atom. The van der Waals surface area contributed by atoms with E-state index in [0.717, 1.165) is 34.6 Å². The Balaban J connectivity index is 1.19. The lowest BCUT2D eigenvalue weighted by Gasteiger charge is -2.25. The maximum absolute atomic E-state index is 4.48. The summed E-state index contributed by atoms with van der Waals surface area (Å²) in [7, 11) is 0. The van der Waals surface area contributed by atoms with E-state index in [1.807, 2.05) is 12.2 Å². The Morgan fingerprint density at radius 2 is 1.54 bits per heavy atom. The van der Waals surface area contributed by atoms with Gasteiger partial charge in [0, 0.05) is 40.2 Å². The van der Waals surface area contributed by atoms with E-state index in [1.165, 1.54) is 65.5 Å². The van der Waals surface area contributed by atoms with Crippen LogP contribution in [0.25, 0.3) is 43.8 Å². The lowest BCUT2D eigenvalue weighted by atomic mass is 9.93. The minimum atomic E-state index is 0.771. The maximum atomic E-state index is 4.48. The largest absolute Gasteiger partial charge is 0.358 e. The third kappa shape index (κ3) is 6.94. The summed E-state index contributed by atoms with van der Waals surface area (Å²) in [4.78, 5) is 3.45. The van der Waals surface area contributed by atoms with Crippen LogP contribution < -0.4 is 10.2 Å². The first-order valence-corrected chi connectivity index (χ1v) is 19.5. The zero-order valence-corrected chi connectivity index (χ0v) is 31.5. The highest BCUT2D eigenvalue weighted by Gasteiger charge is 2.22. The van der Waals surface area contributed by atoms with Crippen LogP contribution in [0.3, 0.4) is 0 Å². The molecular formula is C51H42N2S. The van der Waals surface area contributed by atoms with Crippen LogP contribution in [0.4, 0.5) is 17.1 Å². The molecule has 1 heterocycles. The van der Waals surface area contributed by atoms with Crippen molar-refractivity contribution in [3.05, 3.63) is 217 Å². The lowest BCUT2D eigenvalue weighted by Crippen LogP contribution is -2.11. The minimum Gasteiger partial charge on any atom is -0.358 e. The number of nitrogens with zero attached hydrogens (tertiary/aromatic N) is 1. The molecule has 262 valence electrons. The zero-order valence-electron chi connectivity index (χ0n) is 30.7. The summed E-state index contributed by atoms with van der Waals surface area (Å²) in [5.41, 5.74) is 13.8. The Bertz CT molecular complexity index is 2630. The van der Waals surface area contributed by atoms with Gasteiger partial charge in [0.15, 0.2) is 0 Å². The number of benzene rings is 6. The molecule has 3 heteroatoms. The average molecular weight is 715 g/mol. The predicted octanol–water partition coefficient (Wildman–Crippen LogP) is 14.5. The van der Waals surface area contributed by atoms with Gasteiger partial charge < -0.3 is 10.2 Å². The number of fused-ring (bicyclic) bond motifs is 4. The van der Waals surface area contributed by atoms with Crippen LogP contribution in [0.5, 0.6) is 0 Å². The summed E-state index contributed by atoms with van der Waals surface area (Å²) < 4.78 is 0. The predicted molar refractivity (Wildman–Crippen MR) is 237 cm³/mol. The molecule has 0 amide bonds. The zero-order chi connectivity index (χ0) is 37.0. The van der Waals surface area contributed by atoms with E-state index >= 15 is 0 Å². The smallest absolute Gasteiger partial charge is 0.0534 e. The fourth-order valence-electron chi connectivity index (χ4n) is 7.52. The monoisotopic (exact) mass is 714 g/mol. The molecule has 2 aliphatic rings. The van der Waals surface area contributed by atoms with Crippen molar-refractivity contribution >= 4 is 61.5 Å².